The van der Waals surface area contributed by atoms with Crippen molar-refractivity contribution >= 4 is 0 Å². The van der Waals surface area contributed by atoms with Gasteiger partial charge >= 0.3 is 5.76 Å². The second-order valence-electron chi connectivity index (χ2n) is 4.64. The summed E-state index contributed by atoms with van der Waals surface area (Å²) >= 11 is 0. The van der Waals surface area contributed by atoms with E-state index in [4.69, 9.17) is 15.4 Å². The Bertz CT molecular complexity index is 463. The molecule has 1 aromatic rings. The minimum absolute atomic E-state index is 0.0698. The molecule has 2 heterocycles. The van der Waals surface area contributed by atoms with E-state index >= 15 is 0 Å². The number of fused-ring (bicyclic) bond motifs is 1. The Morgan fingerprint density at radius 1 is 1.61 bits per heavy atom. The van der Waals surface area contributed by atoms with Gasteiger partial charge in [0.1, 0.15) is 0 Å². The number of hydrogen-bond donors (Lipinski definition) is 2. The summed E-state index contributed by atoms with van der Waals surface area (Å²) in [5.74, 6) is 0.360. The summed E-state index contributed by atoms with van der Waals surface area (Å²) in [5, 5.41) is 12.6. The second-order valence-corrected chi connectivity index (χ2v) is 4.64. The molecule has 2 rings (SSSR count). The Balaban J connectivity index is 2.10. The molecule has 6 nitrogen and oxygen atoms in total. The third-order valence-electron chi connectivity index (χ3n) is 3.26. The van der Waals surface area contributed by atoms with Crippen molar-refractivity contribution in [3.05, 3.63) is 28.5 Å². The lowest BCUT2D eigenvalue weighted by molar-refractivity contribution is 0.283. The molecule has 0 fully saturated rings. The number of aryl methyl sites for hydroxylation is 1. The summed E-state index contributed by atoms with van der Waals surface area (Å²) in [7, 11) is 0. The van der Waals surface area contributed by atoms with E-state index in [9.17, 15) is 4.79 Å². The number of aliphatic hydroxyl groups excluding tert-OH is 1. The standard InChI is InChI=1S/C12H19N3O3/c13-9(8-16)4-3-6-10-5-1-2-7-11-14-18-12(17)15(10)11/h3-4,9-10,16H,1-2,5-8,13H2/t9-,10?/m1/s1. The van der Waals surface area contributed by atoms with Crippen LogP contribution < -0.4 is 11.5 Å². The van der Waals surface area contributed by atoms with Gasteiger partial charge in [0.2, 0.25) is 0 Å². The molecule has 0 spiro atoms. The van der Waals surface area contributed by atoms with Gasteiger partial charge in [-0.25, -0.2) is 4.79 Å². The van der Waals surface area contributed by atoms with Crippen LogP contribution in [0, 0.1) is 0 Å². The molecule has 0 saturated carbocycles. The van der Waals surface area contributed by atoms with Gasteiger partial charge < -0.3 is 10.8 Å². The van der Waals surface area contributed by atoms with Gasteiger partial charge in [-0.05, 0) is 19.3 Å². The first-order valence-electron chi connectivity index (χ1n) is 6.32. The van der Waals surface area contributed by atoms with Crippen LogP contribution >= 0.6 is 0 Å². The van der Waals surface area contributed by atoms with Crippen molar-refractivity contribution in [2.24, 2.45) is 5.73 Å². The molecule has 1 aliphatic heterocycles. The van der Waals surface area contributed by atoms with Gasteiger partial charge in [0, 0.05) is 18.5 Å². The van der Waals surface area contributed by atoms with Gasteiger partial charge in [-0.1, -0.05) is 23.7 Å². The second kappa shape index (κ2) is 5.97. The Labute approximate surface area is 105 Å². The van der Waals surface area contributed by atoms with Crippen LogP contribution in [0.5, 0.6) is 0 Å². The minimum Gasteiger partial charge on any atom is -0.394 e. The lowest BCUT2D eigenvalue weighted by atomic mass is 10.1. The van der Waals surface area contributed by atoms with E-state index < -0.39 is 0 Å². The Morgan fingerprint density at radius 3 is 3.22 bits per heavy atom. The molecule has 2 atom stereocenters. The Hall–Kier alpha value is -1.40. The van der Waals surface area contributed by atoms with Crippen molar-refractivity contribution in [3.8, 4) is 0 Å². The van der Waals surface area contributed by atoms with Crippen LogP contribution in [0.25, 0.3) is 0 Å². The van der Waals surface area contributed by atoms with E-state index in [0.717, 1.165) is 31.5 Å². The van der Waals surface area contributed by atoms with Gasteiger partial charge in [0.15, 0.2) is 5.82 Å². The van der Waals surface area contributed by atoms with Crippen molar-refractivity contribution in [1.29, 1.82) is 0 Å². The molecule has 18 heavy (non-hydrogen) atoms. The summed E-state index contributed by atoms with van der Waals surface area (Å²) in [5.41, 5.74) is 5.59. The molecular weight excluding hydrogens is 234 g/mol. The van der Waals surface area contributed by atoms with E-state index in [2.05, 4.69) is 5.16 Å². The molecule has 0 bridgehead atoms. The third-order valence-corrected chi connectivity index (χ3v) is 3.26. The fourth-order valence-corrected chi connectivity index (χ4v) is 2.30. The van der Waals surface area contributed by atoms with Crippen LogP contribution in [0.2, 0.25) is 0 Å². The predicted octanol–water partition coefficient (Wildman–Crippen LogP) is 0.370. The van der Waals surface area contributed by atoms with E-state index in [0.29, 0.717) is 6.42 Å². The topological polar surface area (TPSA) is 94.3 Å². The molecule has 6 heteroatoms. The predicted molar refractivity (Wildman–Crippen MR) is 66.2 cm³/mol. The van der Waals surface area contributed by atoms with Gasteiger partial charge in [0.05, 0.1) is 6.61 Å². The largest absolute Gasteiger partial charge is 0.441 e. The van der Waals surface area contributed by atoms with Gasteiger partial charge in [-0.2, -0.15) is 0 Å². The van der Waals surface area contributed by atoms with Crippen molar-refractivity contribution in [1.82, 2.24) is 9.72 Å². The van der Waals surface area contributed by atoms with Crippen LogP contribution in [-0.4, -0.2) is 27.5 Å². The molecule has 0 amide bonds. The van der Waals surface area contributed by atoms with Gasteiger partial charge in [-0.3, -0.25) is 9.09 Å². The van der Waals surface area contributed by atoms with Crippen LogP contribution in [0.15, 0.2) is 21.5 Å². The zero-order chi connectivity index (χ0) is 13.0. The highest BCUT2D eigenvalue weighted by Crippen LogP contribution is 2.24. The highest BCUT2D eigenvalue weighted by atomic mass is 16.5. The van der Waals surface area contributed by atoms with E-state index in [1.54, 1.807) is 10.6 Å². The normalized spacial score (nSPS) is 21.8. The lowest BCUT2D eigenvalue weighted by Gasteiger charge is -2.13. The Kier molecular flexibility index (Phi) is 4.33. The zero-order valence-corrected chi connectivity index (χ0v) is 10.3. The Morgan fingerprint density at radius 2 is 2.44 bits per heavy atom. The number of rotatable bonds is 4. The molecular formula is C12H19N3O3. The van der Waals surface area contributed by atoms with Crippen LogP contribution in [0.1, 0.15) is 37.5 Å². The number of nitrogens with zero attached hydrogens (tertiary/aromatic N) is 2. The van der Waals surface area contributed by atoms with Crippen molar-refractivity contribution in [2.75, 3.05) is 6.61 Å². The lowest BCUT2D eigenvalue weighted by Crippen LogP contribution is -2.23. The van der Waals surface area contributed by atoms with Crippen LogP contribution in [0.3, 0.4) is 0 Å². The molecule has 3 N–H and O–H groups in total. The summed E-state index contributed by atoms with van der Waals surface area (Å²) < 4.78 is 6.38. The first-order chi connectivity index (χ1) is 8.72. The quantitative estimate of drug-likeness (QED) is 0.756. The molecule has 1 aromatic heterocycles. The minimum atomic E-state index is -0.378. The molecule has 0 aliphatic carbocycles. The van der Waals surface area contributed by atoms with Crippen molar-refractivity contribution in [3.63, 3.8) is 0 Å². The number of aromatic nitrogens is 2. The number of hydrogen-bond acceptors (Lipinski definition) is 5. The molecule has 100 valence electrons. The van der Waals surface area contributed by atoms with E-state index in [1.807, 2.05) is 6.08 Å². The van der Waals surface area contributed by atoms with Crippen LogP contribution in [0.4, 0.5) is 0 Å². The maximum atomic E-state index is 11.6. The average molecular weight is 253 g/mol. The zero-order valence-electron chi connectivity index (χ0n) is 10.3. The molecule has 0 aromatic carbocycles. The highest BCUT2D eigenvalue weighted by molar-refractivity contribution is 4.97. The SMILES string of the molecule is N[C@H](C=CCC1CCCCc2noc(=O)n21)CO. The molecule has 0 radical (unpaired) electrons. The fourth-order valence-electron chi connectivity index (χ4n) is 2.30. The first kappa shape index (κ1) is 13.0. The summed E-state index contributed by atoms with van der Waals surface area (Å²) in [4.78, 5) is 11.6. The van der Waals surface area contributed by atoms with Gasteiger partial charge in [-0.15, -0.1) is 0 Å². The van der Waals surface area contributed by atoms with Crippen molar-refractivity contribution in [2.45, 2.75) is 44.2 Å². The fraction of sp³-hybridized carbons (Fsp3) is 0.667. The summed E-state index contributed by atoms with van der Waals surface area (Å²) in [6, 6.07) is -0.252. The first-order valence-corrected chi connectivity index (χ1v) is 6.32. The maximum Gasteiger partial charge on any atom is 0.441 e. The molecule has 1 unspecified atom stereocenters. The van der Waals surface area contributed by atoms with E-state index in [1.165, 1.54) is 0 Å². The number of aliphatic hydroxyl groups is 1. The van der Waals surface area contributed by atoms with E-state index in [-0.39, 0.29) is 24.4 Å². The summed E-state index contributed by atoms with van der Waals surface area (Å²) in [6.07, 6.45) is 8.23. The average Bonchev–Trinajstić information content (AvgIpc) is 2.61. The third kappa shape index (κ3) is 2.88. The van der Waals surface area contributed by atoms with Gasteiger partial charge in [0.25, 0.3) is 0 Å². The molecule has 1 aliphatic rings. The summed E-state index contributed by atoms with van der Waals surface area (Å²) in [6.45, 7) is -0.0698. The smallest absolute Gasteiger partial charge is 0.394 e. The highest BCUT2D eigenvalue weighted by Gasteiger charge is 2.21. The molecule has 0 saturated heterocycles. The number of nitrogens with two attached hydrogens (primary N) is 1. The monoisotopic (exact) mass is 253 g/mol. The maximum absolute atomic E-state index is 11.6. The number of allylic oxidation sites excluding steroid dienone is 1. The van der Waals surface area contributed by atoms with Crippen LogP contribution in [-0.2, 0) is 6.42 Å². The van der Waals surface area contributed by atoms with Crippen molar-refractivity contribution < 1.29 is 9.63 Å².